The highest BCUT2D eigenvalue weighted by Gasteiger charge is 2.26. The number of hydrogen-bond acceptors (Lipinski definition) is 9. The van der Waals surface area contributed by atoms with Crippen molar-refractivity contribution in [3.8, 4) is 0 Å². The highest BCUT2D eigenvalue weighted by atomic mass is 32.2. The second-order valence-electron chi connectivity index (χ2n) is 9.11. The summed E-state index contributed by atoms with van der Waals surface area (Å²) in [5.41, 5.74) is 3.16. The Balaban J connectivity index is 1.13. The molecule has 1 aromatic carbocycles. The molecule has 4 heterocycles. The van der Waals surface area contributed by atoms with Crippen LogP contribution in [0.1, 0.15) is 29.2 Å². The summed E-state index contributed by atoms with van der Waals surface area (Å²) in [6, 6.07) is 10.9. The highest BCUT2D eigenvalue weighted by molar-refractivity contribution is 7.92. The molecule has 2 aliphatic heterocycles. The van der Waals surface area contributed by atoms with E-state index in [1.54, 1.807) is 30.5 Å². The molecule has 5 rings (SSSR count). The fourth-order valence-electron chi connectivity index (χ4n) is 4.55. The fraction of sp³-hybridized carbons (Fsp3) is 0.400. The van der Waals surface area contributed by atoms with Crippen molar-refractivity contribution in [1.29, 1.82) is 0 Å². The predicted molar refractivity (Wildman–Crippen MR) is 145 cm³/mol. The van der Waals surface area contributed by atoms with E-state index in [0.717, 1.165) is 43.3 Å². The number of hydrogen-bond donors (Lipinski definition) is 3. The molecule has 3 N–H and O–H groups in total. The molecular formula is C25H30N6O4S2. The van der Waals surface area contributed by atoms with Gasteiger partial charge in [-0.15, -0.1) is 11.3 Å². The van der Waals surface area contributed by atoms with E-state index >= 15 is 0 Å². The molecule has 1 fully saturated rings. The fourth-order valence-corrected chi connectivity index (χ4v) is 6.43. The monoisotopic (exact) mass is 542 g/mol. The third kappa shape index (κ3) is 6.83. The summed E-state index contributed by atoms with van der Waals surface area (Å²) in [4.78, 5) is 23.9. The molecule has 0 saturated carbocycles. The molecule has 1 unspecified atom stereocenters. The van der Waals surface area contributed by atoms with E-state index in [1.807, 2.05) is 17.5 Å². The second-order valence-corrected chi connectivity index (χ2v) is 11.8. The first-order valence-corrected chi connectivity index (χ1v) is 14.8. The standard InChI is InChI=1S/C25H30N6O4S2/c32-23(29-25-28-22(17-36-25)21-16-27-24-20(21)6-2-7-26-24)15-18-4-1-5-19(14-18)30-37(33,34)13-3-8-31-9-11-35-12-10-31/h1-2,4-7,14,17,21,30H,3,8-13,15-16H2,(H,26,27)(H,28,29,32). The Hall–Kier alpha value is -3.06. The Labute approximate surface area is 220 Å². The van der Waals surface area contributed by atoms with Crippen molar-refractivity contribution in [3.63, 3.8) is 0 Å². The number of rotatable bonds is 10. The quantitative estimate of drug-likeness (QED) is 0.357. The molecule has 10 nitrogen and oxygen atoms in total. The average molecular weight is 543 g/mol. The van der Waals surface area contributed by atoms with Crippen LogP contribution in [0.2, 0.25) is 0 Å². The number of benzene rings is 1. The maximum absolute atomic E-state index is 12.7. The number of sulfonamides is 1. The largest absolute Gasteiger partial charge is 0.379 e. The van der Waals surface area contributed by atoms with Crippen LogP contribution < -0.4 is 15.4 Å². The summed E-state index contributed by atoms with van der Waals surface area (Å²) in [5.74, 6) is 0.805. The number of pyridine rings is 1. The van der Waals surface area contributed by atoms with Crippen molar-refractivity contribution in [2.24, 2.45) is 0 Å². The van der Waals surface area contributed by atoms with Gasteiger partial charge in [0.15, 0.2) is 5.13 Å². The van der Waals surface area contributed by atoms with Crippen LogP contribution in [0.15, 0.2) is 48.0 Å². The van der Waals surface area contributed by atoms with Gasteiger partial charge in [-0.1, -0.05) is 18.2 Å². The number of thiazole rings is 1. The van der Waals surface area contributed by atoms with Crippen molar-refractivity contribution in [2.75, 3.05) is 60.5 Å². The topological polar surface area (TPSA) is 126 Å². The first-order chi connectivity index (χ1) is 17.9. The van der Waals surface area contributed by atoms with Gasteiger partial charge in [-0.05, 0) is 36.7 Å². The summed E-state index contributed by atoms with van der Waals surface area (Å²) >= 11 is 1.39. The van der Waals surface area contributed by atoms with Crippen molar-refractivity contribution >= 4 is 43.9 Å². The molecule has 2 aromatic heterocycles. The molecule has 0 aliphatic carbocycles. The van der Waals surface area contributed by atoms with Gasteiger partial charge < -0.3 is 15.4 Å². The minimum Gasteiger partial charge on any atom is -0.379 e. The molecular weight excluding hydrogens is 512 g/mol. The molecule has 1 saturated heterocycles. The summed E-state index contributed by atoms with van der Waals surface area (Å²) in [7, 11) is -3.48. The smallest absolute Gasteiger partial charge is 0.232 e. The Kier molecular flexibility index (Phi) is 7.99. The summed E-state index contributed by atoms with van der Waals surface area (Å²) in [5, 5.41) is 8.65. The molecule has 0 spiro atoms. The number of carbonyl (C=O) groups is 1. The van der Waals surface area contributed by atoms with E-state index in [-0.39, 0.29) is 24.0 Å². The molecule has 2 aliphatic rings. The van der Waals surface area contributed by atoms with E-state index in [2.05, 4.69) is 30.2 Å². The number of carbonyl (C=O) groups excluding carboxylic acids is 1. The Bertz CT molecular complexity index is 1340. The lowest BCUT2D eigenvalue weighted by Gasteiger charge is -2.26. The third-order valence-electron chi connectivity index (χ3n) is 6.37. The van der Waals surface area contributed by atoms with E-state index < -0.39 is 10.0 Å². The molecule has 0 bridgehead atoms. The summed E-state index contributed by atoms with van der Waals surface area (Å²) in [6.07, 6.45) is 2.42. The number of nitrogens with one attached hydrogen (secondary N) is 3. The van der Waals surface area contributed by atoms with Gasteiger partial charge in [-0.2, -0.15) is 0 Å². The van der Waals surface area contributed by atoms with Crippen LogP contribution in [-0.2, 0) is 26.0 Å². The molecule has 196 valence electrons. The molecule has 3 aromatic rings. The number of amides is 1. The lowest BCUT2D eigenvalue weighted by Crippen LogP contribution is -2.37. The lowest BCUT2D eigenvalue weighted by molar-refractivity contribution is -0.115. The second kappa shape index (κ2) is 11.5. The van der Waals surface area contributed by atoms with Crippen molar-refractivity contribution < 1.29 is 17.9 Å². The average Bonchev–Trinajstić information content (AvgIpc) is 3.51. The lowest BCUT2D eigenvalue weighted by atomic mass is 10.0. The highest BCUT2D eigenvalue weighted by Crippen LogP contribution is 2.35. The van der Waals surface area contributed by atoms with Gasteiger partial charge >= 0.3 is 0 Å². The molecule has 37 heavy (non-hydrogen) atoms. The van der Waals surface area contributed by atoms with Gasteiger partial charge in [0.25, 0.3) is 0 Å². The van der Waals surface area contributed by atoms with E-state index in [1.165, 1.54) is 11.3 Å². The number of ether oxygens (including phenoxy) is 1. The molecule has 1 atom stereocenters. The number of nitrogens with zero attached hydrogens (tertiary/aromatic N) is 3. The first-order valence-electron chi connectivity index (χ1n) is 12.3. The Morgan fingerprint density at radius 2 is 2.08 bits per heavy atom. The normalized spacial score (nSPS) is 17.7. The minimum atomic E-state index is -3.48. The predicted octanol–water partition coefficient (Wildman–Crippen LogP) is 2.74. The molecule has 1 amide bonds. The zero-order valence-electron chi connectivity index (χ0n) is 20.4. The van der Waals surface area contributed by atoms with Gasteiger partial charge in [0.1, 0.15) is 5.82 Å². The van der Waals surface area contributed by atoms with E-state index in [4.69, 9.17) is 4.74 Å². The Morgan fingerprint density at radius 3 is 2.95 bits per heavy atom. The minimum absolute atomic E-state index is 0.0402. The van der Waals surface area contributed by atoms with Gasteiger partial charge in [0.2, 0.25) is 15.9 Å². The maximum atomic E-state index is 12.7. The third-order valence-corrected chi connectivity index (χ3v) is 8.52. The van der Waals surface area contributed by atoms with Gasteiger partial charge in [0.05, 0.1) is 31.1 Å². The van der Waals surface area contributed by atoms with E-state index in [0.29, 0.717) is 36.0 Å². The Morgan fingerprint density at radius 1 is 1.22 bits per heavy atom. The number of fused-ring (bicyclic) bond motifs is 1. The van der Waals surface area contributed by atoms with Crippen LogP contribution in [-0.4, -0.2) is 74.3 Å². The van der Waals surface area contributed by atoms with E-state index in [9.17, 15) is 13.2 Å². The van der Waals surface area contributed by atoms with Crippen LogP contribution in [0, 0.1) is 0 Å². The van der Waals surface area contributed by atoms with Crippen molar-refractivity contribution in [2.45, 2.75) is 18.8 Å². The van der Waals surface area contributed by atoms with Gasteiger partial charge in [-0.3, -0.25) is 14.4 Å². The van der Waals surface area contributed by atoms with Crippen LogP contribution in [0.3, 0.4) is 0 Å². The molecule has 12 heteroatoms. The first kappa shape index (κ1) is 25.6. The van der Waals surface area contributed by atoms with Crippen LogP contribution >= 0.6 is 11.3 Å². The SMILES string of the molecule is O=C(Cc1cccc(NS(=O)(=O)CCCN2CCOCC2)c1)Nc1nc(C2CNc3ncccc32)cs1. The summed E-state index contributed by atoms with van der Waals surface area (Å²) < 4.78 is 33.1. The van der Waals surface area contributed by atoms with Crippen molar-refractivity contribution in [1.82, 2.24) is 14.9 Å². The maximum Gasteiger partial charge on any atom is 0.232 e. The van der Waals surface area contributed by atoms with Crippen LogP contribution in [0.25, 0.3) is 0 Å². The zero-order chi connectivity index (χ0) is 25.7. The van der Waals surface area contributed by atoms with Gasteiger partial charge in [0, 0.05) is 48.4 Å². The van der Waals surface area contributed by atoms with Crippen LogP contribution in [0.4, 0.5) is 16.6 Å². The van der Waals surface area contributed by atoms with Gasteiger partial charge in [-0.25, -0.2) is 18.4 Å². The molecule has 0 radical (unpaired) electrons. The summed E-state index contributed by atoms with van der Waals surface area (Å²) in [6.45, 7) is 4.51. The number of aromatic nitrogens is 2. The van der Waals surface area contributed by atoms with Crippen molar-refractivity contribution in [3.05, 3.63) is 64.8 Å². The zero-order valence-corrected chi connectivity index (χ0v) is 22.0. The van der Waals surface area contributed by atoms with Crippen LogP contribution in [0.5, 0.6) is 0 Å². The number of anilines is 3. The number of morpholine rings is 1.